The van der Waals surface area contributed by atoms with E-state index in [1.807, 2.05) is 133 Å². The monoisotopic (exact) mass is 2250 g/mol. The first-order chi connectivity index (χ1) is 58.8. The first kappa shape index (κ1) is 114. The van der Waals surface area contributed by atoms with Gasteiger partial charge in [-0.3, -0.25) is 29.9 Å². The van der Waals surface area contributed by atoms with Crippen molar-refractivity contribution in [2.24, 2.45) is 22.3 Å². The Morgan fingerprint density at radius 2 is 0.857 bits per heavy atom. The number of amides is 3. The summed E-state index contributed by atoms with van der Waals surface area (Å²) in [4.78, 5) is 65.1. The van der Waals surface area contributed by atoms with E-state index in [9.17, 15) is 9.59 Å². The van der Waals surface area contributed by atoms with Crippen LogP contribution in [0.2, 0.25) is 63.5 Å². The summed E-state index contributed by atoms with van der Waals surface area (Å²) >= 11 is 64.2. The van der Waals surface area contributed by atoms with E-state index in [-0.39, 0.29) is 49.1 Å². The van der Waals surface area contributed by atoms with Crippen molar-refractivity contribution >= 4 is 195 Å². The van der Waals surface area contributed by atoms with Crippen molar-refractivity contribution in [2.75, 3.05) is 54.4 Å². The summed E-state index contributed by atoms with van der Waals surface area (Å²) in [7, 11) is 8.26. The number of nitrogens with one attached hydrogen (secondary N) is 3. The van der Waals surface area contributed by atoms with Gasteiger partial charge >= 0.3 is 135 Å². The molecule has 0 radical (unpaired) electrons. The fraction of sp³-hybridized carbons (Fsp3) is 0.489. The molecule has 32 heteroatoms. The molecule has 2 fully saturated rings. The molecule has 11 rings (SSSR count). The summed E-state index contributed by atoms with van der Waals surface area (Å²) in [5, 5.41) is 14.2. The van der Waals surface area contributed by atoms with Crippen LogP contribution in [0.25, 0.3) is 33.8 Å². The van der Waals surface area contributed by atoms with Gasteiger partial charge in [0.05, 0.1) is 98.0 Å². The molecule has 0 aliphatic carbocycles. The van der Waals surface area contributed by atoms with Gasteiger partial charge < -0.3 is 46.9 Å². The number of nitrogens with zero attached hydrogens (tertiary/aromatic N) is 11. The zero-order valence-corrected chi connectivity index (χ0v) is 90.4. The molecule has 4 aromatic heterocycles. The molecule has 3 amide bonds. The van der Waals surface area contributed by atoms with Gasteiger partial charge in [0.1, 0.15) is 5.60 Å². The number of rotatable bonds is 22. The van der Waals surface area contributed by atoms with Gasteiger partial charge in [0.25, 0.3) is 0 Å². The number of ether oxygens (including phenoxy) is 1. The molecule has 6 atom stereocenters. The SMILES string of the molecule is C.CC(C)c1ccc(-c2cnccn2)c(Cl)c1Cl.CC(N)c1ccc(-c2cnccn2)c(Cl)c1Cl.CC(N)c1ccc(I)c(Cl)c1Cl.CC(NC(=O)N(C)[C@@H]1CCN(C)CC1(C)C)c1ccc(-c2cnccn2)c(Cl)c1Cl.CC(NC(=O)OC(C)(C)C)c1ccc(I)c(Cl)c1Cl.CCC[CH2][Sn]([CH2]CCC)([CH2]CCC)[c]1cnccn1.CN[C@@H]1CCN(C)CC1(C)C. The van der Waals surface area contributed by atoms with E-state index < -0.39 is 30.1 Å². The number of hydrogen-bond donors (Lipinski definition) is 5. The molecule has 6 heterocycles. The predicted octanol–water partition coefficient (Wildman–Crippen LogP) is 27.8. The van der Waals surface area contributed by atoms with E-state index in [0.717, 1.165) is 71.3 Å². The Morgan fingerprint density at radius 3 is 1.22 bits per heavy atom. The maximum Gasteiger partial charge on any atom is 0.0140 e. The molecule has 5 aromatic carbocycles. The quantitative estimate of drug-likeness (QED) is 0.0241. The minimum Gasteiger partial charge on any atom is -0.316 e. The minimum absolute atomic E-state index is 0. The number of halogens is 12. The van der Waals surface area contributed by atoms with Crippen LogP contribution in [0.5, 0.6) is 0 Å². The first-order valence-electron chi connectivity index (χ1n) is 42.2. The Labute approximate surface area is 832 Å². The predicted molar refractivity (Wildman–Crippen MR) is 554 cm³/mol. The molecule has 4 unspecified atom stereocenters. The van der Waals surface area contributed by atoms with Crippen molar-refractivity contribution in [3.8, 4) is 33.8 Å². The van der Waals surface area contributed by atoms with E-state index in [1.165, 1.54) is 75.1 Å². The summed E-state index contributed by atoms with van der Waals surface area (Å²) in [6.45, 7) is 37.5. The van der Waals surface area contributed by atoms with Crippen LogP contribution in [-0.2, 0) is 4.74 Å². The average molecular weight is 2260 g/mol. The Bertz CT molecular complexity index is 4710. The van der Waals surface area contributed by atoms with Crippen molar-refractivity contribution in [2.45, 2.75) is 231 Å². The maximum absolute atomic E-state index is 13.0. The second-order valence-electron chi connectivity index (χ2n) is 34.2. The number of unbranched alkanes of at least 4 members (excludes halogenated alkanes) is 3. The van der Waals surface area contributed by atoms with E-state index in [2.05, 4.69) is 195 Å². The summed E-state index contributed by atoms with van der Waals surface area (Å²) in [5.41, 5.74) is 20.0. The maximum atomic E-state index is 13.0. The van der Waals surface area contributed by atoms with Gasteiger partial charge in [0.2, 0.25) is 0 Å². The van der Waals surface area contributed by atoms with Gasteiger partial charge in [-0.2, -0.15) is 0 Å². The topological polar surface area (TPSA) is 244 Å². The van der Waals surface area contributed by atoms with Crippen LogP contribution in [-0.4, -0.2) is 157 Å². The second kappa shape index (κ2) is 55.6. The number of urea groups is 1. The number of aromatic nitrogens is 8. The molecule has 9 aromatic rings. The molecule has 2 aliphatic rings. The Morgan fingerprint density at radius 1 is 0.508 bits per heavy atom. The molecule has 126 heavy (non-hydrogen) atoms. The third-order valence-corrected chi connectivity index (χ3v) is 43.6. The zero-order chi connectivity index (χ0) is 93.4. The summed E-state index contributed by atoms with van der Waals surface area (Å²) in [6, 6.07) is 18.8. The number of carbonyl (C=O) groups excluding carboxylic acids is 2. The molecular formula is C94H130Cl10I2N16O3Sn. The fourth-order valence-electron chi connectivity index (χ4n) is 14.9. The second-order valence-corrected chi connectivity index (χ2v) is 53.4. The number of likely N-dealkylation sites (tertiary alicyclic amines) is 2. The van der Waals surface area contributed by atoms with E-state index in [0.29, 0.717) is 84.6 Å². The van der Waals surface area contributed by atoms with E-state index in [1.54, 1.807) is 55.8 Å². The van der Waals surface area contributed by atoms with Gasteiger partial charge in [0.15, 0.2) is 0 Å². The van der Waals surface area contributed by atoms with Gasteiger partial charge in [-0.15, -0.1) is 0 Å². The van der Waals surface area contributed by atoms with Crippen LogP contribution in [0.4, 0.5) is 9.59 Å². The van der Waals surface area contributed by atoms with Gasteiger partial charge in [-0.05, 0) is 197 Å². The summed E-state index contributed by atoms with van der Waals surface area (Å²) in [5.74, 6) is 0.343. The van der Waals surface area contributed by atoms with Crippen molar-refractivity contribution in [1.29, 1.82) is 0 Å². The number of nitrogens with two attached hydrogens (primary N) is 2. The molecule has 2 saturated heterocycles. The molecular weight excluding hydrogens is 2130 g/mol. The number of benzene rings is 5. The van der Waals surface area contributed by atoms with Gasteiger partial charge in [-0.1, -0.05) is 214 Å². The van der Waals surface area contributed by atoms with Gasteiger partial charge in [-0.25, -0.2) is 9.59 Å². The molecule has 0 spiro atoms. The normalized spacial score (nSPS) is 15.7. The Hall–Kier alpha value is -4.08. The number of piperidine rings is 2. The number of carbonyl (C=O) groups is 2. The van der Waals surface area contributed by atoms with Crippen molar-refractivity contribution < 1.29 is 14.3 Å². The Kier molecular flexibility index (Phi) is 50.4. The standard InChI is InChI=1S/C22H29Cl2N5O.C13H16Cl2INO2.C13H12Cl2N2.C12H11Cl2N3.C9H20N2.C8H8Cl2IN.C4H3N2.3C4H9.CH4.Sn/c1-14(27-21(30)29(5)18-8-11-28(4)13-22(18,2)3)15-6-7-16(20(24)19(15)23)17-12-25-9-10-26-17;1-7(17-12(18)19-13(2,3)4)8-5-6-9(16)11(15)10(8)14;1-8(2)9-3-4-10(13(15)12(9)14)11-7-16-5-6-17-11;1-7(15)8-2-3-9(12(14)11(8)13)10-6-16-4-5-17-10;1-9(2)7-11(4)6-5-8(9)10-3;1-4(12)5-2-3-6(11)8(10)7(5)9;1-2-6-4-3-5-1;3*1-3-4-2;;/h6-7,9-10,12,14,18H,8,11,13H2,1-5H3,(H,27,30);5-7H,1-4H3,(H,17,18);3-8H,1-2H3;2-7H,15H2,1H3;8,10H,5-7H2,1-4H3;2-4H,12H2,1H3;1-3H;3*1,3-4H2,2H3;1H4;/t14?,18-;;;;8-;;;;;;;/m1...1......./s1. The van der Waals surface area contributed by atoms with Crippen molar-refractivity contribution in [3.05, 3.63) is 220 Å². The van der Waals surface area contributed by atoms with Crippen molar-refractivity contribution in [1.82, 2.24) is 70.5 Å². The smallest absolute Gasteiger partial charge is 0.0140 e. The van der Waals surface area contributed by atoms with Crippen molar-refractivity contribution in [3.63, 3.8) is 0 Å². The fourth-order valence-corrected chi connectivity index (χ4v) is 34.2. The van der Waals surface area contributed by atoms with Crippen LogP contribution in [0.15, 0.2) is 135 Å². The molecule has 7 N–H and O–H groups in total. The first-order valence-corrected chi connectivity index (χ1v) is 55.6. The average Bonchev–Trinajstić information content (AvgIpc) is 0.818. The van der Waals surface area contributed by atoms with E-state index in [4.69, 9.17) is 137 Å². The third-order valence-electron chi connectivity index (χ3n) is 21.6. The van der Waals surface area contributed by atoms with Crippen LogP contribution in [0, 0.1) is 18.0 Å². The van der Waals surface area contributed by atoms with Crippen LogP contribution in [0.3, 0.4) is 0 Å². The summed E-state index contributed by atoms with van der Waals surface area (Å²) in [6.07, 6.45) is 30.3. The van der Waals surface area contributed by atoms with Crippen LogP contribution >= 0.6 is 161 Å². The molecule has 0 saturated carbocycles. The minimum atomic E-state index is -2.27. The van der Waals surface area contributed by atoms with Crippen LogP contribution < -0.4 is 31.1 Å². The molecule has 2 aliphatic heterocycles. The van der Waals surface area contributed by atoms with E-state index >= 15 is 0 Å². The molecule has 0 bridgehead atoms. The largest absolute Gasteiger partial charge is 0.316 e. The number of hydrogen-bond acceptors (Lipinski definition) is 16. The van der Waals surface area contributed by atoms with Gasteiger partial charge in [0, 0.05) is 105 Å². The third kappa shape index (κ3) is 34.7. The molecule has 19 nitrogen and oxygen atoms in total. The van der Waals surface area contributed by atoms with Crippen LogP contribution in [0.1, 0.15) is 227 Å². The number of alkyl carbamates (subject to hydrolysis) is 1. The Balaban J connectivity index is 0.000000315. The molecule has 692 valence electrons. The zero-order valence-electron chi connectivity index (χ0n) is 75.7. The summed E-state index contributed by atoms with van der Waals surface area (Å²) < 4.78 is 12.9.